The molecule has 1 saturated carbocycles. The van der Waals surface area contributed by atoms with Gasteiger partial charge in [0.1, 0.15) is 5.82 Å². The zero-order chi connectivity index (χ0) is 10.2. The Balaban J connectivity index is 2.20. The summed E-state index contributed by atoms with van der Waals surface area (Å²) in [6, 6.07) is 0. The highest BCUT2D eigenvalue weighted by atomic mass is 15.2. The van der Waals surface area contributed by atoms with Gasteiger partial charge in [-0.15, -0.1) is 0 Å². The second-order valence-corrected chi connectivity index (χ2v) is 4.52. The van der Waals surface area contributed by atoms with Crippen LogP contribution < -0.4 is 5.73 Å². The van der Waals surface area contributed by atoms with E-state index < -0.39 is 0 Å². The van der Waals surface area contributed by atoms with Crippen LogP contribution in [0.15, 0.2) is 12.5 Å². The van der Waals surface area contributed by atoms with Crippen molar-refractivity contribution < 1.29 is 0 Å². The van der Waals surface area contributed by atoms with Gasteiger partial charge in [-0.1, -0.05) is 0 Å². The molecule has 0 atom stereocenters. The largest absolute Gasteiger partial charge is 0.382 e. The van der Waals surface area contributed by atoms with Crippen LogP contribution in [0.4, 0.5) is 5.82 Å². The lowest BCUT2D eigenvalue weighted by molar-refractivity contribution is 0.0990. The molecule has 0 radical (unpaired) electrons. The molecule has 1 aromatic heterocycles. The molecule has 1 heterocycles. The van der Waals surface area contributed by atoms with Gasteiger partial charge in [0.2, 0.25) is 0 Å². The summed E-state index contributed by atoms with van der Waals surface area (Å²) in [6.45, 7) is 1.07. The van der Waals surface area contributed by atoms with E-state index in [1.165, 1.54) is 19.3 Å². The molecule has 78 valence electrons. The first-order valence-corrected chi connectivity index (χ1v) is 5.07. The molecule has 0 saturated heterocycles. The minimum atomic E-state index is 0.258. The number of rotatable bonds is 3. The Morgan fingerprint density at radius 2 is 2.29 bits per heavy atom. The molecule has 14 heavy (non-hydrogen) atoms. The van der Waals surface area contributed by atoms with Gasteiger partial charge in [-0.25, -0.2) is 4.98 Å². The van der Waals surface area contributed by atoms with Gasteiger partial charge in [-0.2, -0.15) is 0 Å². The Bertz CT molecular complexity index is 312. The molecule has 4 nitrogen and oxygen atoms in total. The van der Waals surface area contributed by atoms with Gasteiger partial charge >= 0.3 is 0 Å². The van der Waals surface area contributed by atoms with Crippen LogP contribution in [-0.2, 0) is 5.54 Å². The zero-order valence-electron chi connectivity index (χ0n) is 8.90. The van der Waals surface area contributed by atoms with E-state index in [-0.39, 0.29) is 5.54 Å². The van der Waals surface area contributed by atoms with Crippen LogP contribution in [0.3, 0.4) is 0 Å². The van der Waals surface area contributed by atoms with Gasteiger partial charge in [0.15, 0.2) is 0 Å². The summed E-state index contributed by atoms with van der Waals surface area (Å²) >= 11 is 0. The lowest BCUT2D eigenvalue weighted by Crippen LogP contribution is -2.47. The van der Waals surface area contributed by atoms with Crippen LogP contribution in [0.25, 0.3) is 0 Å². The number of hydrogen-bond donors (Lipinski definition) is 1. The summed E-state index contributed by atoms with van der Waals surface area (Å²) in [5.74, 6) is 0.620. The van der Waals surface area contributed by atoms with Crippen LogP contribution >= 0.6 is 0 Å². The molecule has 1 aliphatic rings. The van der Waals surface area contributed by atoms with Gasteiger partial charge in [0, 0.05) is 12.7 Å². The maximum atomic E-state index is 5.64. The van der Waals surface area contributed by atoms with Crippen LogP contribution in [0.5, 0.6) is 0 Å². The number of imidazole rings is 1. The zero-order valence-corrected chi connectivity index (χ0v) is 8.90. The fourth-order valence-corrected chi connectivity index (χ4v) is 2.27. The number of anilines is 1. The Kier molecular flexibility index (Phi) is 2.23. The Morgan fingerprint density at radius 1 is 1.57 bits per heavy atom. The van der Waals surface area contributed by atoms with E-state index in [2.05, 4.69) is 28.5 Å². The van der Waals surface area contributed by atoms with Crippen LogP contribution in [0.1, 0.15) is 19.3 Å². The van der Waals surface area contributed by atoms with E-state index >= 15 is 0 Å². The normalized spacial score (nSPS) is 19.6. The molecule has 0 bridgehead atoms. The number of aromatic nitrogens is 2. The monoisotopic (exact) mass is 194 g/mol. The number of nitrogens with two attached hydrogens (primary N) is 1. The molecule has 2 rings (SSSR count). The van der Waals surface area contributed by atoms with Crippen molar-refractivity contribution in [2.45, 2.75) is 24.8 Å². The number of nitrogen functional groups attached to an aromatic ring is 1. The van der Waals surface area contributed by atoms with Crippen molar-refractivity contribution in [3.63, 3.8) is 0 Å². The van der Waals surface area contributed by atoms with Crippen molar-refractivity contribution in [1.29, 1.82) is 0 Å². The molecule has 0 amide bonds. The van der Waals surface area contributed by atoms with Gasteiger partial charge < -0.3 is 15.2 Å². The molecule has 0 aromatic carbocycles. The molecule has 0 aliphatic heterocycles. The van der Waals surface area contributed by atoms with Crippen molar-refractivity contribution in [2.24, 2.45) is 0 Å². The summed E-state index contributed by atoms with van der Waals surface area (Å²) in [7, 11) is 4.22. The summed E-state index contributed by atoms with van der Waals surface area (Å²) in [6.07, 6.45) is 7.59. The third kappa shape index (κ3) is 1.50. The van der Waals surface area contributed by atoms with Crippen molar-refractivity contribution in [1.82, 2.24) is 14.5 Å². The summed E-state index contributed by atoms with van der Waals surface area (Å²) in [5, 5.41) is 0. The maximum absolute atomic E-state index is 5.64. The van der Waals surface area contributed by atoms with Crippen LogP contribution in [0, 0.1) is 0 Å². The smallest absolute Gasteiger partial charge is 0.141 e. The second kappa shape index (κ2) is 3.28. The average Bonchev–Trinajstić information content (AvgIpc) is 2.44. The number of likely N-dealkylation sites (N-methyl/N-ethyl adjacent to an activating group) is 1. The summed E-state index contributed by atoms with van der Waals surface area (Å²) in [4.78, 5) is 6.33. The fraction of sp³-hybridized carbons (Fsp3) is 0.700. The predicted molar refractivity (Wildman–Crippen MR) is 57.0 cm³/mol. The SMILES string of the molecule is CN(C)CC1(n2cnc(N)c2)CCC1. The van der Waals surface area contributed by atoms with Crippen molar-refractivity contribution in [2.75, 3.05) is 26.4 Å². The predicted octanol–water partition coefficient (Wildman–Crippen LogP) is 0.906. The van der Waals surface area contributed by atoms with Gasteiger partial charge in [-0.05, 0) is 33.4 Å². The number of nitrogens with zero attached hydrogens (tertiary/aromatic N) is 3. The van der Waals surface area contributed by atoms with Crippen molar-refractivity contribution in [3.05, 3.63) is 12.5 Å². The molecule has 1 aromatic rings. The Labute approximate surface area is 84.7 Å². The van der Waals surface area contributed by atoms with Gasteiger partial charge in [-0.3, -0.25) is 0 Å². The average molecular weight is 194 g/mol. The molecular formula is C10H18N4. The molecule has 0 unspecified atom stereocenters. The van der Waals surface area contributed by atoms with E-state index in [9.17, 15) is 0 Å². The summed E-state index contributed by atoms with van der Waals surface area (Å²) in [5.41, 5.74) is 5.90. The lowest BCUT2D eigenvalue weighted by atomic mass is 9.76. The Hall–Kier alpha value is -1.03. The molecular weight excluding hydrogens is 176 g/mol. The van der Waals surface area contributed by atoms with Crippen LogP contribution in [-0.4, -0.2) is 35.1 Å². The highest BCUT2D eigenvalue weighted by molar-refractivity contribution is 5.24. The first-order valence-electron chi connectivity index (χ1n) is 5.07. The second-order valence-electron chi connectivity index (χ2n) is 4.52. The third-order valence-electron chi connectivity index (χ3n) is 3.05. The first-order chi connectivity index (χ1) is 6.62. The van der Waals surface area contributed by atoms with E-state index in [4.69, 9.17) is 5.73 Å². The fourth-order valence-electron chi connectivity index (χ4n) is 2.27. The lowest BCUT2D eigenvalue weighted by Gasteiger charge is -2.44. The highest BCUT2D eigenvalue weighted by Crippen LogP contribution is 2.39. The standard InChI is InChI=1S/C10H18N4/c1-13(2)7-10(4-3-5-10)14-6-9(11)12-8-14/h6,8H,3-5,7,11H2,1-2H3. The molecule has 4 heteroatoms. The van der Waals surface area contributed by atoms with Crippen molar-refractivity contribution in [3.8, 4) is 0 Å². The molecule has 0 spiro atoms. The summed E-state index contributed by atoms with van der Waals surface area (Å²) < 4.78 is 2.19. The minimum Gasteiger partial charge on any atom is -0.382 e. The number of hydrogen-bond acceptors (Lipinski definition) is 3. The van der Waals surface area contributed by atoms with E-state index in [0.29, 0.717) is 5.82 Å². The molecule has 1 fully saturated rings. The van der Waals surface area contributed by atoms with Gasteiger partial charge in [0.05, 0.1) is 11.9 Å². The van der Waals surface area contributed by atoms with Crippen molar-refractivity contribution >= 4 is 5.82 Å². The minimum absolute atomic E-state index is 0.258. The van der Waals surface area contributed by atoms with E-state index in [1.807, 2.05) is 12.5 Å². The molecule has 1 aliphatic carbocycles. The van der Waals surface area contributed by atoms with Crippen LogP contribution in [0.2, 0.25) is 0 Å². The maximum Gasteiger partial charge on any atom is 0.141 e. The van der Waals surface area contributed by atoms with Gasteiger partial charge in [0.25, 0.3) is 0 Å². The van der Waals surface area contributed by atoms with E-state index in [1.54, 1.807) is 0 Å². The van der Waals surface area contributed by atoms with E-state index in [0.717, 1.165) is 6.54 Å². The topological polar surface area (TPSA) is 47.1 Å². The molecule has 2 N–H and O–H groups in total. The quantitative estimate of drug-likeness (QED) is 0.778. The Morgan fingerprint density at radius 3 is 2.64 bits per heavy atom. The first kappa shape index (κ1) is 9.52. The third-order valence-corrected chi connectivity index (χ3v) is 3.05. The highest BCUT2D eigenvalue weighted by Gasteiger charge is 2.38.